The molecular formula is C21H23NO4S. The number of dihydropyridines is 1. The standard InChI is InChI=1S/C21H23NO4S/c1-5-25-20(23)17-12(3)22-13(4)18(21(24)26-6-2)19(17)15-11-27-16-10-8-7-9-14(15)16/h7-11,19,22H,5-6H2,1-4H3. The van der Waals surface area contributed by atoms with Crippen LogP contribution in [0.4, 0.5) is 0 Å². The van der Waals surface area contributed by atoms with Gasteiger partial charge in [-0.05, 0) is 50.1 Å². The number of benzene rings is 1. The molecule has 1 aliphatic heterocycles. The van der Waals surface area contributed by atoms with Crippen LogP contribution in [-0.2, 0) is 19.1 Å². The molecule has 142 valence electrons. The summed E-state index contributed by atoms with van der Waals surface area (Å²) in [4.78, 5) is 25.6. The minimum Gasteiger partial charge on any atom is -0.463 e. The van der Waals surface area contributed by atoms with E-state index in [1.165, 1.54) is 0 Å². The summed E-state index contributed by atoms with van der Waals surface area (Å²) in [6.07, 6.45) is 0. The monoisotopic (exact) mass is 385 g/mol. The molecular weight excluding hydrogens is 362 g/mol. The fourth-order valence-electron chi connectivity index (χ4n) is 3.49. The first-order chi connectivity index (χ1) is 13.0. The molecule has 3 rings (SSSR count). The molecule has 1 N–H and O–H groups in total. The first-order valence-electron chi connectivity index (χ1n) is 8.98. The Bertz CT molecular complexity index is 914. The van der Waals surface area contributed by atoms with Crippen molar-refractivity contribution in [1.82, 2.24) is 5.32 Å². The van der Waals surface area contributed by atoms with E-state index in [9.17, 15) is 9.59 Å². The van der Waals surface area contributed by atoms with Crippen molar-refractivity contribution in [2.75, 3.05) is 13.2 Å². The number of hydrogen-bond acceptors (Lipinski definition) is 6. The highest BCUT2D eigenvalue weighted by Gasteiger charge is 2.38. The summed E-state index contributed by atoms with van der Waals surface area (Å²) in [5.74, 6) is -1.37. The molecule has 0 radical (unpaired) electrons. The third-order valence-corrected chi connectivity index (χ3v) is 5.55. The summed E-state index contributed by atoms with van der Waals surface area (Å²) >= 11 is 1.59. The normalized spacial score (nSPS) is 15.1. The molecule has 0 bridgehead atoms. The Labute approximate surface area is 162 Å². The zero-order valence-corrected chi connectivity index (χ0v) is 16.7. The van der Waals surface area contributed by atoms with Gasteiger partial charge in [0.25, 0.3) is 0 Å². The van der Waals surface area contributed by atoms with Gasteiger partial charge < -0.3 is 14.8 Å². The number of carbonyl (C=O) groups excluding carboxylic acids is 2. The molecule has 0 fully saturated rings. The van der Waals surface area contributed by atoms with Crippen LogP contribution in [0.2, 0.25) is 0 Å². The number of fused-ring (bicyclic) bond motifs is 1. The third-order valence-electron chi connectivity index (χ3n) is 4.57. The molecule has 2 aromatic rings. The molecule has 0 spiro atoms. The van der Waals surface area contributed by atoms with Crippen molar-refractivity contribution in [2.45, 2.75) is 33.6 Å². The van der Waals surface area contributed by atoms with Gasteiger partial charge in [-0.1, -0.05) is 18.2 Å². The molecule has 0 aliphatic carbocycles. The van der Waals surface area contributed by atoms with Crippen LogP contribution in [0.3, 0.4) is 0 Å². The summed E-state index contributed by atoms with van der Waals surface area (Å²) in [7, 11) is 0. The van der Waals surface area contributed by atoms with Crippen LogP contribution in [0.15, 0.2) is 52.2 Å². The van der Waals surface area contributed by atoms with Gasteiger partial charge in [0.05, 0.1) is 30.3 Å². The van der Waals surface area contributed by atoms with Crippen molar-refractivity contribution in [3.63, 3.8) is 0 Å². The minimum absolute atomic E-state index is 0.268. The molecule has 2 heterocycles. The molecule has 1 aromatic carbocycles. The number of hydrogen-bond donors (Lipinski definition) is 1. The van der Waals surface area contributed by atoms with Gasteiger partial charge in [0, 0.05) is 16.1 Å². The molecule has 0 unspecified atom stereocenters. The number of ether oxygens (including phenoxy) is 2. The zero-order chi connectivity index (χ0) is 19.6. The predicted octanol–water partition coefficient (Wildman–Crippen LogP) is 4.26. The van der Waals surface area contributed by atoms with Crippen molar-refractivity contribution in [3.05, 3.63) is 57.7 Å². The summed E-state index contributed by atoms with van der Waals surface area (Å²) in [6.45, 7) is 7.74. The third kappa shape index (κ3) is 3.49. The van der Waals surface area contributed by atoms with Gasteiger partial charge in [-0.15, -0.1) is 11.3 Å². The Hall–Kier alpha value is -2.60. The Morgan fingerprint density at radius 3 is 2.11 bits per heavy atom. The number of nitrogens with one attached hydrogen (secondary N) is 1. The molecule has 1 aliphatic rings. The number of esters is 2. The number of allylic oxidation sites excluding steroid dienone is 2. The molecule has 1 aromatic heterocycles. The highest BCUT2D eigenvalue weighted by Crippen LogP contribution is 2.43. The second-order valence-electron chi connectivity index (χ2n) is 6.26. The van der Waals surface area contributed by atoms with Crippen LogP contribution >= 0.6 is 11.3 Å². The van der Waals surface area contributed by atoms with Crippen molar-refractivity contribution in [1.29, 1.82) is 0 Å². The summed E-state index contributed by atoms with van der Waals surface area (Å²) in [6, 6.07) is 7.98. The zero-order valence-electron chi connectivity index (χ0n) is 15.9. The predicted molar refractivity (Wildman–Crippen MR) is 106 cm³/mol. The van der Waals surface area contributed by atoms with E-state index in [1.807, 2.05) is 43.5 Å². The molecule has 0 saturated heterocycles. The maximum absolute atomic E-state index is 12.8. The van der Waals surface area contributed by atoms with E-state index in [1.54, 1.807) is 25.2 Å². The van der Waals surface area contributed by atoms with Crippen LogP contribution < -0.4 is 5.32 Å². The van der Waals surface area contributed by atoms with Gasteiger partial charge >= 0.3 is 11.9 Å². The van der Waals surface area contributed by atoms with Crippen molar-refractivity contribution in [2.24, 2.45) is 0 Å². The van der Waals surface area contributed by atoms with Gasteiger partial charge in [-0.3, -0.25) is 0 Å². The highest BCUT2D eigenvalue weighted by atomic mass is 32.1. The van der Waals surface area contributed by atoms with E-state index >= 15 is 0 Å². The van der Waals surface area contributed by atoms with Gasteiger partial charge in [0.2, 0.25) is 0 Å². The summed E-state index contributed by atoms with van der Waals surface area (Å²) in [5, 5.41) is 6.20. The Morgan fingerprint density at radius 2 is 1.56 bits per heavy atom. The second-order valence-corrected chi connectivity index (χ2v) is 7.17. The molecule has 0 saturated carbocycles. The molecule has 0 atom stereocenters. The average molecular weight is 385 g/mol. The molecule has 0 amide bonds. The van der Waals surface area contributed by atoms with Gasteiger partial charge in [-0.25, -0.2) is 9.59 Å². The smallest absolute Gasteiger partial charge is 0.336 e. The van der Waals surface area contributed by atoms with Crippen molar-refractivity contribution >= 4 is 33.4 Å². The number of rotatable bonds is 5. The first-order valence-corrected chi connectivity index (χ1v) is 9.86. The SMILES string of the molecule is CCOC(=O)C1=C(C)NC(C)=C(C(=O)OCC)C1c1csc2ccccc12. The maximum Gasteiger partial charge on any atom is 0.336 e. The Morgan fingerprint density at radius 1 is 1.00 bits per heavy atom. The lowest BCUT2D eigenvalue weighted by Crippen LogP contribution is -2.32. The Balaban J connectivity index is 2.23. The minimum atomic E-state index is -0.527. The van der Waals surface area contributed by atoms with Crippen LogP contribution in [0.25, 0.3) is 10.1 Å². The van der Waals surface area contributed by atoms with E-state index in [0.29, 0.717) is 22.5 Å². The van der Waals surface area contributed by atoms with E-state index in [-0.39, 0.29) is 13.2 Å². The Kier molecular flexibility index (Phi) is 5.65. The van der Waals surface area contributed by atoms with E-state index in [2.05, 4.69) is 5.32 Å². The van der Waals surface area contributed by atoms with Gasteiger partial charge in [0.1, 0.15) is 0 Å². The van der Waals surface area contributed by atoms with E-state index < -0.39 is 17.9 Å². The lowest BCUT2D eigenvalue weighted by Gasteiger charge is -2.30. The van der Waals surface area contributed by atoms with Crippen LogP contribution in [0.5, 0.6) is 0 Å². The summed E-state index contributed by atoms with van der Waals surface area (Å²) in [5.41, 5.74) is 3.21. The van der Waals surface area contributed by atoms with Crippen LogP contribution in [-0.4, -0.2) is 25.2 Å². The average Bonchev–Trinajstić information content (AvgIpc) is 3.05. The molecule has 27 heavy (non-hydrogen) atoms. The fourth-order valence-corrected chi connectivity index (χ4v) is 4.47. The van der Waals surface area contributed by atoms with Crippen molar-refractivity contribution < 1.29 is 19.1 Å². The van der Waals surface area contributed by atoms with Gasteiger partial charge in [-0.2, -0.15) is 0 Å². The highest BCUT2D eigenvalue weighted by molar-refractivity contribution is 7.17. The first kappa shape index (κ1) is 19.2. The second kappa shape index (κ2) is 7.96. The van der Waals surface area contributed by atoms with E-state index in [0.717, 1.165) is 15.6 Å². The van der Waals surface area contributed by atoms with Crippen LogP contribution in [0.1, 0.15) is 39.2 Å². The molecule has 6 heteroatoms. The van der Waals surface area contributed by atoms with Crippen LogP contribution in [0, 0.1) is 0 Å². The topological polar surface area (TPSA) is 64.6 Å². The number of carbonyl (C=O) groups is 2. The maximum atomic E-state index is 12.8. The lowest BCUT2D eigenvalue weighted by atomic mass is 9.80. The fraction of sp³-hybridized carbons (Fsp3) is 0.333. The van der Waals surface area contributed by atoms with E-state index in [4.69, 9.17) is 9.47 Å². The summed E-state index contributed by atoms with van der Waals surface area (Å²) < 4.78 is 11.7. The van der Waals surface area contributed by atoms with Crippen molar-refractivity contribution in [3.8, 4) is 0 Å². The van der Waals surface area contributed by atoms with Gasteiger partial charge in [0.15, 0.2) is 0 Å². The molecule has 5 nitrogen and oxygen atoms in total. The lowest BCUT2D eigenvalue weighted by molar-refractivity contribution is -0.139. The largest absolute Gasteiger partial charge is 0.463 e. The quantitative estimate of drug-likeness (QED) is 0.779. The number of thiophene rings is 1.